The molecular weight excluding hydrogens is 252 g/mol. The molecule has 1 aromatic carbocycles. The Labute approximate surface area is 109 Å². The number of ether oxygens (including phenoxy) is 1. The van der Waals surface area contributed by atoms with Crippen LogP contribution in [0.3, 0.4) is 0 Å². The standard InChI is InChI=1S/C12H14N2O5/c1-6-5-8(11(16)17)3-4-9(6)19-7(2)10(15)14-12(13)18/h3-5,7H,1-2H3,(H,16,17)(H3,13,14,15,18). The lowest BCUT2D eigenvalue weighted by molar-refractivity contribution is -0.126. The van der Waals surface area contributed by atoms with Gasteiger partial charge in [0.15, 0.2) is 6.10 Å². The first kappa shape index (κ1) is 14.5. The summed E-state index contributed by atoms with van der Waals surface area (Å²) in [5.74, 6) is -1.36. The van der Waals surface area contributed by atoms with Crippen molar-refractivity contribution in [3.05, 3.63) is 29.3 Å². The highest BCUT2D eigenvalue weighted by Crippen LogP contribution is 2.20. The number of aryl methyl sites for hydroxylation is 1. The van der Waals surface area contributed by atoms with Gasteiger partial charge in [-0.25, -0.2) is 9.59 Å². The molecule has 0 spiro atoms. The van der Waals surface area contributed by atoms with Gasteiger partial charge in [0, 0.05) is 0 Å². The van der Waals surface area contributed by atoms with Gasteiger partial charge in [0.2, 0.25) is 0 Å². The average Bonchev–Trinajstić information content (AvgIpc) is 2.30. The van der Waals surface area contributed by atoms with Gasteiger partial charge in [-0.05, 0) is 37.6 Å². The maximum atomic E-state index is 11.4. The summed E-state index contributed by atoms with van der Waals surface area (Å²) >= 11 is 0. The highest BCUT2D eigenvalue weighted by Gasteiger charge is 2.17. The SMILES string of the molecule is Cc1cc(C(=O)O)ccc1OC(C)C(=O)NC(N)=O. The number of nitrogens with two attached hydrogens (primary N) is 1. The van der Waals surface area contributed by atoms with E-state index in [0.29, 0.717) is 11.3 Å². The minimum Gasteiger partial charge on any atom is -0.481 e. The van der Waals surface area contributed by atoms with Crippen molar-refractivity contribution in [3.8, 4) is 5.75 Å². The monoisotopic (exact) mass is 266 g/mol. The van der Waals surface area contributed by atoms with Gasteiger partial charge < -0.3 is 15.6 Å². The number of primary amides is 1. The quantitative estimate of drug-likeness (QED) is 0.739. The lowest BCUT2D eigenvalue weighted by Gasteiger charge is -2.15. The molecule has 19 heavy (non-hydrogen) atoms. The van der Waals surface area contributed by atoms with Gasteiger partial charge in [-0.3, -0.25) is 10.1 Å². The Morgan fingerprint density at radius 2 is 2.00 bits per heavy atom. The van der Waals surface area contributed by atoms with Crippen LogP contribution >= 0.6 is 0 Å². The highest BCUT2D eigenvalue weighted by atomic mass is 16.5. The molecule has 0 saturated heterocycles. The van der Waals surface area contributed by atoms with E-state index < -0.39 is 24.0 Å². The molecule has 0 aliphatic carbocycles. The van der Waals surface area contributed by atoms with E-state index in [4.69, 9.17) is 15.6 Å². The third-order valence-electron chi connectivity index (χ3n) is 2.34. The molecule has 0 saturated carbocycles. The smallest absolute Gasteiger partial charge is 0.335 e. The second kappa shape index (κ2) is 5.85. The van der Waals surface area contributed by atoms with Crippen molar-refractivity contribution in [1.82, 2.24) is 5.32 Å². The van der Waals surface area contributed by atoms with E-state index in [-0.39, 0.29) is 5.56 Å². The number of hydrogen-bond acceptors (Lipinski definition) is 4. The number of carbonyl (C=O) groups is 3. The Morgan fingerprint density at radius 1 is 1.37 bits per heavy atom. The molecule has 1 atom stereocenters. The summed E-state index contributed by atoms with van der Waals surface area (Å²) < 4.78 is 5.33. The molecule has 1 unspecified atom stereocenters. The first-order chi connectivity index (χ1) is 8.81. The molecule has 0 radical (unpaired) electrons. The molecular formula is C12H14N2O5. The second-order valence-corrected chi connectivity index (χ2v) is 3.90. The maximum absolute atomic E-state index is 11.4. The van der Waals surface area contributed by atoms with Crippen LogP contribution in [0.15, 0.2) is 18.2 Å². The third kappa shape index (κ3) is 3.98. The minimum absolute atomic E-state index is 0.124. The van der Waals surface area contributed by atoms with E-state index >= 15 is 0 Å². The number of rotatable bonds is 4. The topological polar surface area (TPSA) is 119 Å². The van der Waals surface area contributed by atoms with E-state index in [2.05, 4.69) is 0 Å². The Morgan fingerprint density at radius 3 is 2.47 bits per heavy atom. The predicted octanol–water partition coefficient (Wildman–Crippen LogP) is 0.655. The normalized spacial score (nSPS) is 11.5. The molecule has 0 aromatic heterocycles. The molecule has 0 fully saturated rings. The largest absolute Gasteiger partial charge is 0.481 e. The number of aromatic carboxylic acids is 1. The predicted molar refractivity (Wildman–Crippen MR) is 66.0 cm³/mol. The molecule has 7 heteroatoms. The second-order valence-electron chi connectivity index (χ2n) is 3.90. The van der Waals surface area contributed by atoms with Crippen molar-refractivity contribution >= 4 is 17.9 Å². The summed E-state index contributed by atoms with van der Waals surface area (Å²) in [4.78, 5) is 32.7. The number of carbonyl (C=O) groups excluding carboxylic acids is 2. The zero-order valence-electron chi connectivity index (χ0n) is 10.5. The van der Waals surface area contributed by atoms with E-state index in [1.54, 1.807) is 6.92 Å². The van der Waals surface area contributed by atoms with Crippen LogP contribution in [-0.4, -0.2) is 29.1 Å². The molecule has 1 rings (SSSR count). The van der Waals surface area contributed by atoms with Crippen LogP contribution in [0.4, 0.5) is 4.79 Å². The lowest BCUT2D eigenvalue weighted by Crippen LogP contribution is -2.42. The van der Waals surface area contributed by atoms with Gasteiger partial charge in [-0.15, -0.1) is 0 Å². The number of carboxylic acid groups (broad SMARTS) is 1. The van der Waals surface area contributed by atoms with E-state index in [1.165, 1.54) is 25.1 Å². The molecule has 4 N–H and O–H groups in total. The van der Waals surface area contributed by atoms with E-state index in [9.17, 15) is 14.4 Å². The van der Waals surface area contributed by atoms with Gasteiger partial charge in [-0.1, -0.05) is 0 Å². The average molecular weight is 266 g/mol. The Hall–Kier alpha value is -2.57. The zero-order valence-corrected chi connectivity index (χ0v) is 10.5. The molecule has 1 aromatic rings. The van der Waals surface area contributed by atoms with Crippen molar-refractivity contribution in [2.45, 2.75) is 20.0 Å². The van der Waals surface area contributed by atoms with Gasteiger partial charge in [0.05, 0.1) is 5.56 Å². The first-order valence-electron chi connectivity index (χ1n) is 5.42. The first-order valence-corrected chi connectivity index (χ1v) is 5.42. The number of nitrogens with one attached hydrogen (secondary N) is 1. The number of benzene rings is 1. The summed E-state index contributed by atoms with van der Waals surface area (Å²) in [6, 6.07) is 3.28. The van der Waals surface area contributed by atoms with Crippen LogP contribution in [-0.2, 0) is 4.79 Å². The highest BCUT2D eigenvalue weighted by molar-refractivity contribution is 5.95. The third-order valence-corrected chi connectivity index (χ3v) is 2.34. The van der Waals surface area contributed by atoms with Crippen LogP contribution in [0.2, 0.25) is 0 Å². The Kier molecular flexibility index (Phi) is 4.46. The fraction of sp³-hybridized carbons (Fsp3) is 0.250. The molecule has 0 aliphatic rings. The van der Waals surface area contributed by atoms with Crippen molar-refractivity contribution in [3.63, 3.8) is 0 Å². The fourth-order valence-electron chi connectivity index (χ4n) is 1.38. The van der Waals surface area contributed by atoms with E-state index in [0.717, 1.165) is 0 Å². The molecule has 0 bridgehead atoms. The van der Waals surface area contributed by atoms with Crippen LogP contribution in [0.25, 0.3) is 0 Å². The summed E-state index contributed by atoms with van der Waals surface area (Å²) in [5, 5.41) is 10.7. The number of imide groups is 1. The minimum atomic E-state index is -1.05. The lowest BCUT2D eigenvalue weighted by atomic mass is 10.1. The molecule has 7 nitrogen and oxygen atoms in total. The van der Waals surface area contributed by atoms with Crippen LogP contribution in [0, 0.1) is 6.92 Å². The summed E-state index contributed by atoms with van der Waals surface area (Å²) in [6.45, 7) is 3.10. The molecule has 3 amide bonds. The van der Waals surface area contributed by atoms with Gasteiger partial charge in [0.1, 0.15) is 5.75 Å². The number of hydrogen-bond donors (Lipinski definition) is 3. The fourth-order valence-corrected chi connectivity index (χ4v) is 1.38. The molecule has 0 aliphatic heterocycles. The summed E-state index contributed by atoms with van der Waals surface area (Å²) in [7, 11) is 0. The Balaban J connectivity index is 2.80. The van der Waals surface area contributed by atoms with Crippen LogP contribution in [0.1, 0.15) is 22.8 Å². The number of amides is 3. The van der Waals surface area contributed by atoms with Crippen molar-refractivity contribution < 1.29 is 24.2 Å². The van der Waals surface area contributed by atoms with Crippen molar-refractivity contribution in [2.24, 2.45) is 5.73 Å². The van der Waals surface area contributed by atoms with Crippen molar-refractivity contribution in [1.29, 1.82) is 0 Å². The Bertz CT molecular complexity index is 527. The summed E-state index contributed by atoms with van der Waals surface area (Å²) in [6.07, 6.45) is -0.929. The summed E-state index contributed by atoms with van der Waals surface area (Å²) in [5.41, 5.74) is 5.51. The van der Waals surface area contributed by atoms with Crippen molar-refractivity contribution in [2.75, 3.05) is 0 Å². The zero-order chi connectivity index (χ0) is 14.6. The van der Waals surface area contributed by atoms with Crippen LogP contribution < -0.4 is 15.8 Å². The maximum Gasteiger partial charge on any atom is 0.335 e. The number of carboxylic acids is 1. The van der Waals surface area contributed by atoms with Crippen LogP contribution in [0.5, 0.6) is 5.75 Å². The van der Waals surface area contributed by atoms with Gasteiger partial charge >= 0.3 is 12.0 Å². The molecule has 102 valence electrons. The van der Waals surface area contributed by atoms with Gasteiger partial charge in [-0.2, -0.15) is 0 Å². The van der Waals surface area contributed by atoms with Gasteiger partial charge in [0.25, 0.3) is 5.91 Å². The van der Waals surface area contributed by atoms with E-state index in [1.807, 2.05) is 5.32 Å². The number of urea groups is 1. The molecule has 0 heterocycles.